The maximum atomic E-state index is 6.18. The van der Waals surface area contributed by atoms with Crippen molar-refractivity contribution in [2.45, 2.75) is 18.7 Å². The first kappa shape index (κ1) is 11.9. The summed E-state index contributed by atoms with van der Waals surface area (Å²) in [5.74, 6) is 0. The summed E-state index contributed by atoms with van der Waals surface area (Å²) in [7, 11) is 2.08. The molecule has 0 atom stereocenters. The van der Waals surface area contributed by atoms with E-state index in [1.54, 1.807) is 0 Å². The Kier molecular flexibility index (Phi) is 4.76. The van der Waals surface area contributed by atoms with Crippen molar-refractivity contribution in [2.24, 2.45) is 0 Å². The number of benzene rings is 1. The van der Waals surface area contributed by atoms with Gasteiger partial charge < -0.3 is 4.90 Å². The number of nitrogens with zero attached hydrogens (tertiary/aromatic N) is 1. The number of hydrogen-bond donors (Lipinski definition) is 0. The van der Waals surface area contributed by atoms with Gasteiger partial charge >= 0.3 is 0 Å². The lowest BCUT2D eigenvalue weighted by molar-refractivity contribution is 0.849. The molecule has 1 rings (SSSR count). The molecule has 0 unspecified atom stereocenters. The van der Waals surface area contributed by atoms with Gasteiger partial charge in [-0.3, -0.25) is 0 Å². The minimum Gasteiger partial charge on any atom is -0.373 e. The molecule has 78 valence electrons. The zero-order valence-corrected chi connectivity index (χ0v) is 10.9. The van der Waals surface area contributed by atoms with Crippen molar-refractivity contribution in [1.82, 2.24) is 0 Å². The number of hydrogen-bond acceptors (Lipinski definition) is 1. The van der Waals surface area contributed by atoms with Crippen LogP contribution in [0.4, 0.5) is 5.69 Å². The fourth-order valence-corrected chi connectivity index (χ4v) is 2.33. The molecule has 0 saturated heterocycles. The van der Waals surface area contributed by atoms with Gasteiger partial charge in [-0.05, 0) is 18.1 Å². The molecule has 0 saturated carbocycles. The molecule has 0 radical (unpaired) electrons. The van der Waals surface area contributed by atoms with E-state index in [4.69, 9.17) is 11.6 Å². The molecular weight excluding hydrogens is 261 g/mol. The van der Waals surface area contributed by atoms with Crippen molar-refractivity contribution in [3.05, 3.63) is 28.8 Å². The molecule has 0 aliphatic carbocycles. The van der Waals surface area contributed by atoms with E-state index < -0.39 is 0 Å². The van der Waals surface area contributed by atoms with E-state index in [-0.39, 0.29) is 0 Å². The van der Waals surface area contributed by atoms with Crippen LogP contribution in [0.15, 0.2) is 18.2 Å². The molecule has 0 aliphatic heterocycles. The predicted octanol–water partition coefficient (Wildman–Crippen LogP) is 4.08. The maximum Gasteiger partial charge on any atom is 0.0642 e. The first-order chi connectivity index (χ1) is 6.70. The van der Waals surface area contributed by atoms with E-state index in [2.05, 4.69) is 40.9 Å². The third kappa shape index (κ3) is 2.64. The number of anilines is 1. The lowest BCUT2D eigenvalue weighted by Crippen LogP contribution is -2.19. The SMILES string of the molecule is CCCN(C)c1c(Cl)cccc1CBr. The van der Waals surface area contributed by atoms with E-state index >= 15 is 0 Å². The van der Waals surface area contributed by atoms with Crippen molar-refractivity contribution >= 4 is 33.2 Å². The van der Waals surface area contributed by atoms with Crippen LogP contribution in [0.3, 0.4) is 0 Å². The molecule has 1 aromatic carbocycles. The summed E-state index contributed by atoms with van der Waals surface area (Å²) in [5.41, 5.74) is 2.39. The van der Waals surface area contributed by atoms with Gasteiger partial charge in [0.1, 0.15) is 0 Å². The zero-order chi connectivity index (χ0) is 10.6. The summed E-state index contributed by atoms with van der Waals surface area (Å²) in [6.45, 7) is 3.20. The average molecular weight is 277 g/mol. The molecule has 0 fully saturated rings. The van der Waals surface area contributed by atoms with Crippen LogP contribution in [0.1, 0.15) is 18.9 Å². The van der Waals surface area contributed by atoms with Gasteiger partial charge in [-0.15, -0.1) is 0 Å². The topological polar surface area (TPSA) is 3.24 Å². The fraction of sp³-hybridized carbons (Fsp3) is 0.455. The molecule has 1 aromatic rings. The number of halogens is 2. The Labute approximate surface area is 99.2 Å². The van der Waals surface area contributed by atoms with E-state index in [0.717, 1.165) is 29.0 Å². The summed E-state index contributed by atoms with van der Waals surface area (Å²) >= 11 is 9.65. The van der Waals surface area contributed by atoms with Crippen molar-refractivity contribution in [3.8, 4) is 0 Å². The second-order valence-electron chi connectivity index (χ2n) is 3.30. The zero-order valence-electron chi connectivity index (χ0n) is 8.56. The van der Waals surface area contributed by atoms with Gasteiger partial charge in [-0.1, -0.05) is 46.6 Å². The molecule has 1 nitrogen and oxygen atoms in total. The van der Waals surface area contributed by atoms with E-state index in [9.17, 15) is 0 Å². The Morgan fingerprint density at radius 3 is 2.71 bits per heavy atom. The van der Waals surface area contributed by atoms with Gasteiger partial charge in [-0.2, -0.15) is 0 Å². The molecule has 3 heteroatoms. The van der Waals surface area contributed by atoms with Crippen LogP contribution in [0.2, 0.25) is 5.02 Å². The number of alkyl halides is 1. The Morgan fingerprint density at radius 2 is 2.14 bits per heavy atom. The molecule has 0 amide bonds. The Bertz CT molecular complexity index is 301. The normalized spacial score (nSPS) is 10.3. The van der Waals surface area contributed by atoms with Gasteiger partial charge in [0.2, 0.25) is 0 Å². The summed E-state index contributed by atoms with van der Waals surface area (Å²) < 4.78 is 0. The molecule has 0 N–H and O–H groups in total. The third-order valence-corrected chi connectivity index (χ3v) is 3.06. The highest BCUT2D eigenvalue weighted by atomic mass is 79.9. The summed E-state index contributed by atoms with van der Waals surface area (Å²) in [6, 6.07) is 6.03. The Morgan fingerprint density at radius 1 is 1.43 bits per heavy atom. The highest BCUT2D eigenvalue weighted by Gasteiger charge is 2.09. The fourth-order valence-electron chi connectivity index (χ4n) is 1.54. The number of para-hydroxylation sites is 1. The molecular formula is C11H15BrClN. The van der Waals surface area contributed by atoms with Gasteiger partial charge in [0.25, 0.3) is 0 Å². The molecule has 0 aliphatic rings. The highest BCUT2D eigenvalue weighted by molar-refractivity contribution is 9.08. The Hall–Kier alpha value is -0.210. The van der Waals surface area contributed by atoms with Crippen molar-refractivity contribution < 1.29 is 0 Å². The smallest absolute Gasteiger partial charge is 0.0642 e. The van der Waals surface area contributed by atoms with Crippen LogP contribution in [-0.4, -0.2) is 13.6 Å². The van der Waals surface area contributed by atoms with Crippen LogP contribution < -0.4 is 4.90 Å². The minimum absolute atomic E-state index is 0.831. The standard InChI is InChI=1S/C11H15BrClN/c1-3-7-14(2)11-9(8-12)5-4-6-10(11)13/h4-6H,3,7-8H2,1-2H3. The second kappa shape index (κ2) is 5.62. The number of rotatable bonds is 4. The van der Waals surface area contributed by atoms with Gasteiger partial charge in [0.05, 0.1) is 10.7 Å². The van der Waals surface area contributed by atoms with Gasteiger partial charge in [0, 0.05) is 18.9 Å². The molecule has 0 heterocycles. The van der Waals surface area contributed by atoms with Crippen molar-refractivity contribution in [3.63, 3.8) is 0 Å². The first-order valence-electron chi connectivity index (χ1n) is 4.75. The summed E-state index contributed by atoms with van der Waals surface area (Å²) in [4.78, 5) is 2.21. The van der Waals surface area contributed by atoms with E-state index in [1.165, 1.54) is 5.56 Å². The summed E-state index contributed by atoms with van der Waals surface area (Å²) in [5, 5.41) is 1.68. The second-order valence-corrected chi connectivity index (χ2v) is 4.27. The molecule has 0 aromatic heterocycles. The van der Waals surface area contributed by atoms with Crippen molar-refractivity contribution in [2.75, 3.05) is 18.5 Å². The van der Waals surface area contributed by atoms with Crippen LogP contribution in [0, 0.1) is 0 Å². The van der Waals surface area contributed by atoms with Gasteiger partial charge in [-0.25, -0.2) is 0 Å². The largest absolute Gasteiger partial charge is 0.373 e. The predicted molar refractivity (Wildman–Crippen MR) is 67.6 cm³/mol. The monoisotopic (exact) mass is 275 g/mol. The van der Waals surface area contributed by atoms with Crippen LogP contribution in [-0.2, 0) is 5.33 Å². The van der Waals surface area contributed by atoms with Crippen LogP contribution in [0.25, 0.3) is 0 Å². The summed E-state index contributed by atoms with van der Waals surface area (Å²) in [6.07, 6.45) is 1.13. The maximum absolute atomic E-state index is 6.18. The average Bonchev–Trinajstić information content (AvgIpc) is 2.17. The molecule has 14 heavy (non-hydrogen) atoms. The lowest BCUT2D eigenvalue weighted by Gasteiger charge is -2.22. The Balaban J connectivity index is 3.03. The molecule has 0 bridgehead atoms. The van der Waals surface area contributed by atoms with Gasteiger partial charge in [0.15, 0.2) is 0 Å². The molecule has 0 spiro atoms. The minimum atomic E-state index is 0.831. The lowest BCUT2D eigenvalue weighted by atomic mass is 10.2. The quantitative estimate of drug-likeness (QED) is 0.749. The van der Waals surface area contributed by atoms with E-state index in [0.29, 0.717) is 0 Å². The highest BCUT2D eigenvalue weighted by Crippen LogP contribution is 2.30. The van der Waals surface area contributed by atoms with E-state index in [1.807, 2.05) is 12.1 Å². The third-order valence-electron chi connectivity index (χ3n) is 2.16. The van der Waals surface area contributed by atoms with Crippen LogP contribution >= 0.6 is 27.5 Å². The van der Waals surface area contributed by atoms with Crippen molar-refractivity contribution in [1.29, 1.82) is 0 Å². The van der Waals surface area contributed by atoms with Crippen LogP contribution in [0.5, 0.6) is 0 Å². The first-order valence-corrected chi connectivity index (χ1v) is 6.25.